The zero-order valence-electron chi connectivity index (χ0n) is 10.9. The van der Waals surface area contributed by atoms with Crippen LogP contribution in [0.25, 0.3) is 0 Å². The van der Waals surface area contributed by atoms with Gasteiger partial charge in [0.25, 0.3) is 0 Å². The number of hydrogen-bond acceptors (Lipinski definition) is 4. The number of benzene rings is 1. The molecule has 0 fully saturated rings. The van der Waals surface area contributed by atoms with Crippen LogP contribution in [0.4, 0.5) is 5.82 Å². The third kappa shape index (κ3) is 3.23. The van der Waals surface area contributed by atoms with E-state index < -0.39 is 0 Å². The van der Waals surface area contributed by atoms with E-state index in [9.17, 15) is 0 Å². The molecule has 1 aromatic carbocycles. The summed E-state index contributed by atoms with van der Waals surface area (Å²) in [6.07, 6.45) is 3.54. The van der Waals surface area contributed by atoms with Crippen LogP contribution in [-0.4, -0.2) is 16.5 Å². The first-order chi connectivity index (χ1) is 8.69. The van der Waals surface area contributed by atoms with E-state index in [1.807, 2.05) is 6.92 Å². The molecular formula is C14H17N3S. The van der Waals surface area contributed by atoms with E-state index in [2.05, 4.69) is 47.3 Å². The van der Waals surface area contributed by atoms with Crippen molar-refractivity contribution in [2.75, 3.05) is 11.9 Å². The molecule has 1 aromatic heterocycles. The van der Waals surface area contributed by atoms with Crippen LogP contribution in [0.3, 0.4) is 0 Å². The van der Waals surface area contributed by atoms with Gasteiger partial charge in [-0.05, 0) is 32.4 Å². The molecule has 0 saturated carbocycles. The summed E-state index contributed by atoms with van der Waals surface area (Å²) in [6, 6.07) is 6.44. The smallest absolute Gasteiger partial charge is 0.145 e. The first-order valence-corrected chi connectivity index (χ1v) is 6.81. The van der Waals surface area contributed by atoms with Crippen LogP contribution in [0.1, 0.15) is 18.1 Å². The van der Waals surface area contributed by atoms with Gasteiger partial charge in [-0.1, -0.05) is 29.5 Å². The van der Waals surface area contributed by atoms with Crippen molar-refractivity contribution in [3.05, 3.63) is 41.7 Å². The van der Waals surface area contributed by atoms with Gasteiger partial charge in [-0.3, -0.25) is 4.98 Å². The van der Waals surface area contributed by atoms with Crippen molar-refractivity contribution in [2.24, 2.45) is 0 Å². The van der Waals surface area contributed by atoms with Gasteiger partial charge in [-0.15, -0.1) is 0 Å². The molecule has 0 atom stereocenters. The molecule has 0 aliphatic rings. The molecule has 2 rings (SSSR count). The highest BCUT2D eigenvalue weighted by molar-refractivity contribution is 7.99. The Balaban J connectivity index is 2.20. The van der Waals surface area contributed by atoms with Gasteiger partial charge < -0.3 is 5.32 Å². The minimum absolute atomic E-state index is 0.826. The van der Waals surface area contributed by atoms with Crippen molar-refractivity contribution in [2.45, 2.75) is 30.7 Å². The molecule has 0 saturated heterocycles. The lowest BCUT2D eigenvalue weighted by Crippen LogP contribution is -2.00. The van der Waals surface area contributed by atoms with Gasteiger partial charge in [0.05, 0.1) is 12.4 Å². The summed E-state index contributed by atoms with van der Waals surface area (Å²) in [5.41, 5.74) is 2.56. The van der Waals surface area contributed by atoms with Crippen LogP contribution < -0.4 is 5.32 Å². The molecule has 1 heterocycles. The van der Waals surface area contributed by atoms with Gasteiger partial charge in [0.15, 0.2) is 0 Å². The quantitative estimate of drug-likeness (QED) is 0.909. The largest absolute Gasteiger partial charge is 0.369 e. The first kappa shape index (κ1) is 12.9. The first-order valence-electron chi connectivity index (χ1n) is 6.00. The van der Waals surface area contributed by atoms with E-state index in [0.29, 0.717) is 0 Å². The Morgan fingerprint density at radius 3 is 2.78 bits per heavy atom. The summed E-state index contributed by atoms with van der Waals surface area (Å²) in [7, 11) is 0. The molecule has 18 heavy (non-hydrogen) atoms. The van der Waals surface area contributed by atoms with Crippen LogP contribution in [0, 0.1) is 13.8 Å². The number of aryl methyl sites for hydroxylation is 2. The van der Waals surface area contributed by atoms with Gasteiger partial charge in [0.2, 0.25) is 0 Å². The molecular weight excluding hydrogens is 242 g/mol. The predicted octanol–water partition coefficient (Wildman–Crippen LogP) is 3.68. The van der Waals surface area contributed by atoms with E-state index in [0.717, 1.165) is 17.4 Å². The van der Waals surface area contributed by atoms with Crippen molar-refractivity contribution in [3.63, 3.8) is 0 Å². The molecule has 0 aliphatic heterocycles. The molecule has 0 spiro atoms. The number of aromatic nitrogens is 2. The highest BCUT2D eigenvalue weighted by Crippen LogP contribution is 2.29. The lowest BCUT2D eigenvalue weighted by Gasteiger charge is -2.07. The minimum atomic E-state index is 0.826. The summed E-state index contributed by atoms with van der Waals surface area (Å²) in [5.74, 6) is 0.826. The number of anilines is 1. The van der Waals surface area contributed by atoms with Gasteiger partial charge in [-0.25, -0.2) is 4.98 Å². The average molecular weight is 259 g/mol. The second-order valence-electron chi connectivity index (χ2n) is 4.14. The lowest BCUT2D eigenvalue weighted by atomic mass is 10.2. The number of nitrogens with one attached hydrogen (secondary N) is 1. The van der Waals surface area contributed by atoms with Crippen LogP contribution in [0.2, 0.25) is 0 Å². The second kappa shape index (κ2) is 5.87. The van der Waals surface area contributed by atoms with Crippen molar-refractivity contribution >= 4 is 17.6 Å². The molecule has 2 aromatic rings. The number of rotatable bonds is 4. The van der Waals surface area contributed by atoms with E-state index in [1.165, 1.54) is 16.0 Å². The van der Waals surface area contributed by atoms with Gasteiger partial charge in [0.1, 0.15) is 10.8 Å². The normalized spacial score (nSPS) is 10.4. The zero-order valence-corrected chi connectivity index (χ0v) is 11.7. The van der Waals surface area contributed by atoms with Crippen molar-refractivity contribution < 1.29 is 0 Å². The predicted molar refractivity (Wildman–Crippen MR) is 76.2 cm³/mol. The molecule has 1 N–H and O–H groups in total. The fourth-order valence-corrected chi connectivity index (χ4v) is 2.53. The van der Waals surface area contributed by atoms with Crippen molar-refractivity contribution in [1.82, 2.24) is 9.97 Å². The molecule has 0 aliphatic carbocycles. The van der Waals surface area contributed by atoms with E-state index in [4.69, 9.17) is 0 Å². The Labute approximate surface area is 112 Å². The van der Waals surface area contributed by atoms with Crippen molar-refractivity contribution in [1.29, 1.82) is 0 Å². The Morgan fingerprint density at radius 1 is 1.22 bits per heavy atom. The van der Waals surface area contributed by atoms with Gasteiger partial charge >= 0.3 is 0 Å². The maximum atomic E-state index is 4.51. The highest BCUT2D eigenvalue weighted by Gasteiger charge is 2.04. The molecule has 0 unspecified atom stereocenters. The highest BCUT2D eigenvalue weighted by atomic mass is 32.2. The summed E-state index contributed by atoms with van der Waals surface area (Å²) >= 11 is 1.65. The Morgan fingerprint density at radius 2 is 2.06 bits per heavy atom. The molecule has 0 amide bonds. The summed E-state index contributed by atoms with van der Waals surface area (Å²) < 4.78 is 0. The van der Waals surface area contributed by atoms with E-state index >= 15 is 0 Å². The minimum Gasteiger partial charge on any atom is -0.369 e. The molecule has 94 valence electrons. The molecule has 4 heteroatoms. The van der Waals surface area contributed by atoms with Gasteiger partial charge in [-0.2, -0.15) is 0 Å². The summed E-state index contributed by atoms with van der Waals surface area (Å²) in [5, 5.41) is 4.09. The fraction of sp³-hybridized carbons (Fsp3) is 0.286. The van der Waals surface area contributed by atoms with E-state index in [-0.39, 0.29) is 0 Å². The van der Waals surface area contributed by atoms with Crippen LogP contribution in [-0.2, 0) is 0 Å². The summed E-state index contributed by atoms with van der Waals surface area (Å²) in [6.45, 7) is 7.13. The van der Waals surface area contributed by atoms with Crippen molar-refractivity contribution in [3.8, 4) is 0 Å². The Kier molecular flexibility index (Phi) is 4.20. The standard InChI is InChI=1S/C14H17N3S/c1-4-16-13-8-15-9-14(17-13)18-12-6-5-10(2)7-11(12)3/h5-9H,4H2,1-3H3,(H,16,17). The monoisotopic (exact) mass is 259 g/mol. The lowest BCUT2D eigenvalue weighted by molar-refractivity contribution is 1.03. The molecule has 0 radical (unpaired) electrons. The maximum absolute atomic E-state index is 4.51. The fourth-order valence-electron chi connectivity index (χ4n) is 1.69. The second-order valence-corrected chi connectivity index (χ2v) is 5.21. The van der Waals surface area contributed by atoms with E-state index in [1.54, 1.807) is 24.2 Å². The van der Waals surface area contributed by atoms with Crippen LogP contribution >= 0.6 is 11.8 Å². The van der Waals surface area contributed by atoms with Crippen LogP contribution in [0.5, 0.6) is 0 Å². The SMILES string of the molecule is CCNc1cncc(Sc2ccc(C)cc2C)n1. The molecule has 0 bridgehead atoms. The third-order valence-electron chi connectivity index (χ3n) is 2.52. The molecule has 3 nitrogen and oxygen atoms in total. The average Bonchev–Trinajstić information content (AvgIpc) is 2.34. The van der Waals surface area contributed by atoms with Gasteiger partial charge in [0, 0.05) is 11.4 Å². The Bertz CT molecular complexity index is 540. The number of nitrogens with zero attached hydrogens (tertiary/aromatic N) is 2. The zero-order chi connectivity index (χ0) is 13.0. The Hall–Kier alpha value is -1.55. The topological polar surface area (TPSA) is 37.8 Å². The van der Waals surface area contributed by atoms with Crippen LogP contribution in [0.15, 0.2) is 40.5 Å². The third-order valence-corrected chi connectivity index (χ3v) is 3.60. The maximum Gasteiger partial charge on any atom is 0.145 e. The number of hydrogen-bond donors (Lipinski definition) is 1. The summed E-state index contributed by atoms with van der Waals surface area (Å²) in [4.78, 5) is 9.94.